The lowest BCUT2D eigenvalue weighted by atomic mass is 10.1. The molecule has 2 rings (SSSR count). The lowest BCUT2D eigenvalue weighted by Crippen LogP contribution is -1.97. The van der Waals surface area contributed by atoms with Crippen molar-refractivity contribution in [1.82, 2.24) is 0 Å². The highest BCUT2D eigenvalue weighted by molar-refractivity contribution is 7.14. The van der Waals surface area contributed by atoms with Crippen molar-refractivity contribution < 1.29 is 4.79 Å². The topological polar surface area (TPSA) is 17.1 Å². The van der Waals surface area contributed by atoms with Gasteiger partial charge in [0.05, 0.1) is 4.88 Å². The fraction of sp³-hybridized carbons (Fsp3) is 0.154. The maximum atomic E-state index is 12.0. The van der Waals surface area contributed by atoms with E-state index in [1.165, 1.54) is 4.88 Å². The lowest BCUT2D eigenvalue weighted by molar-refractivity contribution is 0.104. The maximum Gasteiger partial charge on any atom is 0.202 e. The van der Waals surface area contributed by atoms with Crippen molar-refractivity contribution in [2.45, 2.75) is 13.3 Å². The van der Waals surface area contributed by atoms with Gasteiger partial charge in [0.15, 0.2) is 0 Å². The smallest absolute Gasteiger partial charge is 0.202 e. The molecule has 1 aromatic carbocycles. The van der Waals surface area contributed by atoms with E-state index in [4.69, 9.17) is 0 Å². The van der Waals surface area contributed by atoms with Crippen molar-refractivity contribution in [1.29, 1.82) is 0 Å². The number of aryl methyl sites for hydroxylation is 1. The van der Waals surface area contributed by atoms with Crippen molar-refractivity contribution in [2.24, 2.45) is 0 Å². The second kappa shape index (κ2) is 4.41. The molecule has 0 spiro atoms. The first-order chi connectivity index (χ1) is 7.31. The van der Waals surface area contributed by atoms with Crippen molar-refractivity contribution in [2.75, 3.05) is 0 Å². The molecule has 2 heteroatoms. The van der Waals surface area contributed by atoms with Crippen LogP contribution in [0.15, 0.2) is 42.5 Å². The van der Waals surface area contributed by atoms with Gasteiger partial charge >= 0.3 is 0 Å². The van der Waals surface area contributed by atoms with E-state index < -0.39 is 0 Å². The third-order valence-corrected chi connectivity index (χ3v) is 3.50. The number of rotatable bonds is 3. The molecular formula is C13H12OS. The molecule has 1 nitrogen and oxygen atoms in total. The highest BCUT2D eigenvalue weighted by atomic mass is 32.1. The van der Waals surface area contributed by atoms with Crippen LogP contribution in [0.25, 0.3) is 0 Å². The van der Waals surface area contributed by atoms with Crippen molar-refractivity contribution >= 4 is 17.1 Å². The average Bonchev–Trinajstić information content (AvgIpc) is 2.78. The first-order valence-electron chi connectivity index (χ1n) is 4.99. The molecule has 0 N–H and O–H groups in total. The van der Waals surface area contributed by atoms with Crippen molar-refractivity contribution in [3.63, 3.8) is 0 Å². The lowest BCUT2D eigenvalue weighted by Gasteiger charge is -1.96. The molecule has 0 bridgehead atoms. The molecule has 2 aromatic rings. The summed E-state index contributed by atoms with van der Waals surface area (Å²) in [6.07, 6.45) is 0.993. The summed E-state index contributed by atoms with van der Waals surface area (Å²) in [5.74, 6) is 0.125. The highest BCUT2D eigenvalue weighted by Gasteiger charge is 2.10. The molecule has 0 aliphatic carbocycles. The molecule has 0 radical (unpaired) electrons. The first kappa shape index (κ1) is 10.1. The highest BCUT2D eigenvalue weighted by Crippen LogP contribution is 2.20. The first-order valence-corrected chi connectivity index (χ1v) is 5.81. The molecule has 0 aliphatic rings. The fourth-order valence-corrected chi connectivity index (χ4v) is 2.33. The molecule has 0 saturated carbocycles. The summed E-state index contributed by atoms with van der Waals surface area (Å²) in [7, 11) is 0. The van der Waals surface area contributed by atoms with Gasteiger partial charge in [-0.15, -0.1) is 11.3 Å². The van der Waals surface area contributed by atoms with E-state index in [2.05, 4.69) is 6.92 Å². The SMILES string of the molecule is CCc1ccc(C(=O)c2ccccc2)s1. The molecule has 0 amide bonds. The molecule has 0 atom stereocenters. The monoisotopic (exact) mass is 216 g/mol. The van der Waals surface area contributed by atoms with E-state index >= 15 is 0 Å². The van der Waals surface area contributed by atoms with E-state index in [1.54, 1.807) is 11.3 Å². The number of benzene rings is 1. The average molecular weight is 216 g/mol. The summed E-state index contributed by atoms with van der Waals surface area (Å²) in [5.41, 5.74) is 0.766. The predicted molar refractivity (Wildman–Crippen MR) is 63.6 cm³/mol. The number of carbonyl (C=O) groups excluding carboxylic acids is 1. The third-order valence-electron chi connectivity index (χ3n) is 2.27. The van der Waals surface area contributed by atoms with Gasteiger partial charge in [-0.25, -0.2) is 0 Å². The third kappa shape index (κ3) is 2.16. The zero-order valence-corrected chi connectivity index (χ0v) is 9.38. The molecule has 0 saturated heterocycles. The van der Waals surface area contributed by atoms with E-state index in [0.29, 0.717) is 0 Å². The van der Waals surface area contributed by atoms with Crippen LogP contribution in [-0.2, 0) is 6.42 Å². The van der Waals surface area contributed by atoms with Crippen LogP contribution in [0.5, 0.6) is 0 Å². The maximum absolute atomic E-state index is 12.0. The van der Waals surface area contributed by atoms with Crippen LogP contribution < -0.4 is 0 Å². The summed E-state index contributed by atoms with van der Waals surface area (Å²) in [5, 5.41) is 0. The number of hydrogen-bond donors (Lipinski definition) is 0. The van der Waals surface area contributed by atoms with Crippen LogP contribution >= 0.6 is 11.3 Å². The molecule has 1 aromatic heterocycles. The zero-order valence-electron chi connectivity index (χ0n) is 8.57. The molecule has 15 heavy (non-hydrogen) atoms. The molecule has 0 fully saturated rings. The van der Waals surface area contributed by atoms with Gasteiger partial charge in [-0.2, -0.15) is 0 Å². The predicted octanol–water partition coefficient (Wildman–Crippen LogP) is 3.54. The number of hydrogen-bond acceptors (Lipinski definition) is 2. The van der Waals surface area contributed by atoms with Gasteiger partial charge in [-0.3, -0.25) is 4.79 Å². The van der Waals surface area contributed by atoms with Crippen LogP contribution in [0.4, 0.5) is 0 Å². The number of thiophene rings is 1. The van der Waals surface area contributed by atoms with Gasteiger partial charge in [0.2, 0.25) is 5.78 Å². The van der Waals surface area contributed by atoms with Gasteiger partial charge in [0.25, 0.3) is 0 Å². The van der Waals surface area contributed by atoms with Gasteiger partial charge in [0, 0.05) is 10.4 Å². The standard InChI is InChI=1S/C13H12OS/c1-2-11-8-9-12(15-11)13(14)10-6-4-3-5-7-10/h3-9H,2H2,1H3. The quantitative estimate of drug-likeness (QED) is 0.717. The van der Waals surface area contributed by atoms with E-state index in [9.17, 15) is 4.79 Å². The van der Waals surface area contributed by atoms with Crippen molar-refractivity contribution in [3.8, 4) is 0 Å². The van der Waals surface area contributed by atoms with Gasteiger partial charge in [-0.1, -0.05) is 37.3 Å². The Morgan fingerprint density at radius 3 is 2.47 bits per heavy atom. The Balaban J connectivity index is 2.29. The Bertz CT molecular complexity index is 456. The van der Waals surface area contributed by atoms with Gasteiger partial charge in [-0.05, 0) is 18.6 Å². The largest absolute Gasteiger partial charge is 0.288 e. The Morgan fingerprint density at radius 2 is 1.87 bits per heavy atom. The van der Waals surface area contributed by atoms with E-state index in [1.807, 2.05) is 42.5 Å². The van der Waals surface area contributed by atoms with Gasteiger partial charge < -0.3 is 0 Å². The van der Waals surface area contributed by atoms with Crippen LogP contribution in [0.1, 0.15) is 27.0 Å². The minimum absolute atomic E-state index is 0.125. The fourth-order valence-electron chi connectivity index (χ4n) is 1.42. The van der Waals surface area contributed by atoms with E-state index in [0.717, 1.165) is 16.9 Å². The molecule has 0 aliphatic heterocycles. The summed E-state index contributed by atoms with van der Waals surface area (Å²) in [6, 6.07) is 13.4. The Kier molecular flexibility index (Phi) is 2.97. The van der Waals surface area contributed by atoms with Crippen LogP contribution in [0.2, 0.25) is 0 Å². The summed E-state index contributed by atoms with van der Waals surface area (Å²) >= 11 is 1.59. The minimum atomic E-state index is 0.125. The second-order valence-corrected chi connectivity index (χ2v) is 4.48. The number of ketones is 1. The second-order valence-electron chi connectivity index (χ2n) is 3.31. The molecule has 0 unspecified atom stereocenters. The Morgan fingerprint density at radius 1 is 1.13 bits per heavy atom. The van der Waals surface area contributed by atoms with Crippen LogP contribution in [0.3, 0.4) is 0 Å². The van der Waals surface area contributed by atoms with E-state index in [-0.39, 0.29) is 5.78 Å². The molecule has 76 valence electrons. The summed E-state index contributed by atoms with van der Waals surface area (Å²) < 4.78 is 0. The number of carbonyl (C=O) groups is 1. The van der Waals surface area contributed by atoms with Crippen molar-refractivity contribution in [3.05, 3.63) is 57.8 Å². The normalized spacial score (nSPS) is 10.2. The molecule has 1 heterocycles. The minimum Gasteiger partial charge on any atom is -0.288 e. The summed E-state index contributed by atoms with van der Waals surface area (Å²) in [4.78, 5) is 14.1. The summed E-state index contributed by atoms with van der Waals surface area (Å²) in [6.45, 7) is 2.10. The Labute approximate surface area is 93.4 Å². The Hall–Kier alpha value is -1.41. The van der Waals surface area contributed by atoms with Crippen LogP contribution in [0, 0.1) is 0 Å². The zero-order chi connectivity index (χ0) is 10.7. The van der Waals surface area contributed by atoms with Crippen LogP contribution in [-0.4, -0.2) is 5.78 Å². The van der Waals surface area contributed by atoms with Gasteiger partial charge in [0.1, 0.15) is 0 Å². The molecular weight excluding hydrogens is 204 g/mol.